The van der Waals surface area contributed by atoms with Gasteiger partial charge in [0, 0.05) is 10.6 Å². The molecule has 0 radical (unpaired) electrons. The van der Waals surface area contributed by atoms with Gasteiger partial charge in [0.1, 0.15) is 0 Å². The molecule has 0 bridgehead atoms. The molecule has 0 spiro atoms. The van der Waals surface area contributed by atoms with Crippen LogP contribution in [-0.2, 0) is 14.3 Å². The zero-order valence-corrected chi connectivity index (χ0v) is 12.1. The van der Waals surface area contributed by atoms with Gasteiger partial charge in [-0.1, -0.05) is 11.6 Å². The number of esters is 2. The highest BCUT2D eigenvalue weighted by Gasteiger charge is 2.18. The molecular formula is C12H14ClNO4S. The fourth-order valence-electron chi connectivity index (χ4n) is 1.36. The van der Waals surface area contributed by atoms with Gasteiger partial charge in [0.15, 0.2) is 0 Å². The van der Waals surface area contributed by atoms with Crippen LogP contribution in [0.5, 0.6) is 0 Å². The van der Waals surface area contributed by atoms with Crippen LogP contribution in [0.15, 0.2) is 17.0 Å². The number of carbonyl (C=O) groups excluding carboxylic acids is 2. The molecule has 0 atom stereocenters. The van der Waals surface area contributed by atoms with E-state index in [1.807, 2.05) is 0 Å². The van der Waals surface area contributed by atoms with Crippen molar-refractivity contribution in [2.75, 3.05) is 25.2 Å². The molecule has 0 unspecified atom stereocenters. The zero-order chi connectivity index (χ0) is 14.4. The summed E-state index contributed by atoms with van der Waals surface area (Å²) in [6.45, 7) is 2.03. The Balaban J connectivity index is 2.98. The number of hydrogen-bond acceptors (Lipinski definition) is 6. The van der Waals surface area contributed by atoms with E-state index in [0.29, 0.717) is 22.2 Å². The summed E-state index contributed by atoms with van der Waals surface area (Å²) in [7, 11) is 1.26. The van der Waals surface area contributed by atoms with Crippen molar-refractivity contribution >= 4 is 41.0 Å². The van der Waals surface area contributed by atoms with Crippen LogP contribution in [0.4, 0.5) is 5.69 Å². The van der Waals surface area contributed by atoms with Gasteiger partial charge in [0.25, 0.3) is 0 Å². The minimum atomic E-state index is -0.555. The van der Waals surface area contributed by atoms with E-state index < -0.39 is 5.97 Å². The number of ether oxygens (including phenoxy) is 2. The lowest BCUT2D eigenvalue weighted by Gasteiger charge is -2.10. The summed E-state index contributed by atoms with van der Waals surface area (Å²) < 4.78 is 9.47. The van der Waals surface area contributed by atoms with Crippen LogP contribution < -0.4 is 5.73 Å². The van der Waals surface area contributed by atoms with E-state index in [-0.39, 0.29) is 17.3 Å². The second-order valence-corrected chi connectivity index (χ2v) is 4.86. The van der Waals surface area contributed by atoms with E-state index in [1.165, 1.54) is 19.2 Å². The summed E-state index contributed by atoms with van der Waals surface area (Å²) in [6.07, 6.45) is 0. The first-order valence-electron chi connectivity index (χ1n) is 5.45. The molecule has 0 fully saturated rings. The van der Waals surface area contributed by atoms with Crippen molar-refractivity contribution in [2.24, 2.45) is 0 Å². The summed E-state index contributed by atoms with van der Waals surface area (Å²) in [6, 6.07) is 2.98. The SMILES string of the molecule is CCOC(=O)CSc1c(Cl)cc(N)cc1C(=O)OC. The van der Waals surface area contributed by atoms with Crippen LogP contribution in [-0.4, -0.2) is 31.4 Å². The van der Waals surface area contributed by atoms with E-state index in [1.54, 1.807) is 6.92 Å². The fourth-order valence-corrected chi connectivity index (χ4v) is 2.59. The molecule has 1 aromatic carbocycles. The van der Waals surface area contributed by atoms with E-state index in [9.17, 15) is 9.59 Å². The maximum Gasteiger partial charge on any atom is 0.339 e. The molecule has 5 nitrogen and oxygen atoms in total. The molecule has 0 aromatic heterocycles. The first kappa shape index (κ1) is 15.7. The third kappa shape index (κ3) is 4.33. The first-order chi connectivity index (χ1) is 8.99. The maximum absolute atomic E-state index is 11.6. The lowest BCUT2D eigenvalue weighted by atomic mass is 10.2. The average molecular weight is 304 g/mol. The van der Waals surface area contributed by atoms with Gasteiger partial charge >= 0.3 is 11.9 Å². The average Bonchev–Trinajstić information content (AvgIpc) is 2.36. The topological polar surface area (TPSA) is 78.6 Å². The highest BCUT2D eigenvalue weighted by Crippen LogP contribution is 2.33. The fraction of sp³-hybridized carbons (Fsp3) is 0.333. The molecule has 104 valence electrons. The number of methoxy groups -OCH3 is 1. The van der Waals surface area contributed by atoms with Crippen LogP contribution in [0.3, 0.4) is 0 Å². The molecule has 2 N–H and O–H groups in total. The molecule has 0 aliphatic heterocycles. The number of benzene rings is 1. The highest BCUT2D eigenvalue weighted by atomic mass is 35.5. The quantitative estimate of drug-likeness (QED) is 0.511. The molecule has 0 aliphatic carbocycles. The van der Waals surface area contributed by atoms with Crippen LogP contribution in [0, 0.1) is 0 Å². The highest BCUT2D eigenvalue weighted by molar-refractivity contribution is 8.00. The Morgan fingerprint density at radius 2 is 2.11 bits per heavy atom. The molecule has 0 aliphatic rings. The van der Waals surface area contributed by atoms with Crippen molar-refractivity contribution in [3.63, 3.8) is 0 Å². The van der Waals surface area contributed by atoms with Gasteiger partial charge in [-0.15, -0.1) is 11.8 Å². The third-order valence-electron chi connectivity index (χ3n) is 2.11. The van der Waals surface area contributed by atoms with Gasteiger partial charge in [-0.3, -0.25) is 4.79 Å². The Morgan fingerprint density at radius 3 is 2.68 bits per heavy atom. The van der Waals surface area contributed by atoms with Crippen LogP contribution in [0.1, 0.15) is 17.3 Å². The standard InChI is InChI=1S/C12H14ClNO4S/c1-3-18-10(15)6-19-11-8(12(16)17-2)4-7(14)5-9(11)13/h4-5H,3,6,14H2,1-2H3. The van der Waals surface area contributed by atoms with E-state index in [0.717, 1.165) is 11.8 Å². The predicted octanol–water partition coefficient (Wildman–Crippen LogP) is 2.36. The van der Waals surface area contributed by atoms with Crippen molar-refractivity contribution in [3.8, 4) is 0 Å². The van der Waals surface area contributed by atoms with Gasteiger partial charge in [-0.2, -0.15) is 0 Å². The van der Waals surface area contributed by atoms with Crippen molar-refractivity contribution in [1.29, 1.82) is 0 Å². The molecule has 0 saturated heterocycles. The van der Waals surface area contributed by atoms with Crippen molar-refractivity contribution < 1.29 is 19.1 Å². The smallest absolute Gasteiger partial charge is 0.339 e. The Morgan fingerprint density at radius 1 is 1.42 bits per heavy atom. The monoisotopic (exact) mass is 303 g/mol. The van der Waals surface area contributed by atoms with E-state index in [4.69, 9.17) is 22.1 Å². The molecule has 1 aromatic rings. The number of hydrogen-bond donors (Lipinski definition) is 1. The maximum atomic E-state index is 11.6. The Bertz CT molecular complexity index is 493. The second-order valence-electron chi connectivity index (χ2n) is 3.46. The lowest BCUT2D eigenvalue weighted by molar-refractivity contribution is -0.139. The number of rotatable bonds is 5. The number of carbonyl (C=O) groups is 2. The summed E-state index contributed by atoms with van der Waals surface area (Å²) in [4.78, 5) is 23.4. The molecular weight excluding hydrogens is 290 g/mol. The number of halogens is 1. The van der Waals surface area contributed by atoms with E-state index in [2.05, 4.69) is 4.74 Å². The van der Waals surface area contributed by atoms with Crippen molar-refractivity contribution in [3.05, 3.63) is 22.7 Å². The Labute approximate surface area is 120 Å². The summed E-state index contributed by atoms with van der Waals surface area (Å²) in [5.74, 6) is -0.877. The Kier molecular flexibility index (Phi) is 5.98. The number of thioether (sulfide) groups is 1. The van der Waals surface area contributed by atoms with Gasteiger partial charge < -0.3 is 15.2 Å². The van der Waals surface area contributed by atoms with Crippen molar-refractivity contribution in [2.45, 2.75) is 11.8 Å². The number of nitrogens with two attached hydrogens (primary N) is 1. The van der Waals surface area contributed by atoms with Gasteiger partial charge in [0.05, 0.1) is 30.1 Å². The van der Waals surface area contributed by atoms with Gasteiger partial charge in [0.2, 0.25) is 0 Å². The summed E-state index contributed by atoms with van der Waals surface area (Å²) >= 11 is 7.15. The molecule has 1 rings (SSSR count). The van der Waals surface area contributed by atoms with E-state index >= 15 is 0 Å². The van der Waals surface area contributed by atoms with Gasteiger partial charge in [-0.25, -0.2) is 4.79 Å². The predicted molar refractivity (Wildman–Crippen MR) is 74.6 cm³/mol. The number of anilines is 1. The molecule has 7 heteroatoms. The summed E-state index contributed by atoms with van der Waals surface area (Å²) in [5, 5.41) is 0.301. The zero-order valence-electron chi connectivity index (χ0n) is 10.6. The normalized spacial score (nSPS) is 10.1. The first-order valence-corrected chi connectivity index (χ1v) is 6.81. The Hall–Kier alpha value is -1.40. The molecule has 19 heavy (non-hydrogen) atoms. The lowest BCUT2D eigenvalue weighted by Crippen LogP contribution is -2.09. The minimum Gasteiger partial charge on any atom is -0.465 e. The largest absolute Gasteiger partial charge is 0.465 e. The van der Waals surface area contributed by atoms with Crippen LogP contribution in [0.25, 0.3) is 0 Å². The minimum absolute atomic E-state index is 0.0570. The van der Waals surface area contributed by atoms with Gasteiger partial charge in [-0.05, 0) is 19.1 Å². The number of nitrogen functional groups attached to an aromatic ring is 1. The molecule has 0 amide bonds. The van der Waals surface area contributed by atoms with Crippen LogP contribution in [0.2, 0.25) is 5.02 Å². The summed E-state index contributed by atoms with van der Waals surface area (Å²) in [5.41, 5.74) is 6.22. The van der Waals surface area contributed by atoms with Crippen molar-refractivity contribution in [1.82, 2.24) is 0 Å². The molecule has 0 saturated carbocycles. The second kappa shape index (κ2) is 7.25. The van der Waals surface area contributed by atoms with Crippen LogP contribution >= 0.6 is 23.4 Å². The molecule has 0 heterocycles. The third-order valence-corrected chi connectivity index (χ3v) is 3.63.